The standard InChI is InChI=1S/C12H21NO3/c1-4-8-13(9-14)12(10(15)16)7-5-6-11(12,2)3/h9H,4-8H2,1-3H3,(H,15,16). The van der Waals surface area contributed by atoms with Crippen LogP contribution in [0.25, 0.3) is 0 Å². The molecule has 1 saturated carbocycles. The SMILES string of the molecule is CCCN(C=O)C1(C(=O)O)CCCC1(C)C. The second-order valence-corrected chi connectivity index (χ2v) is 5.20. The number of carbonyl (C=O) groups excluding carboxylic acids is 1. The lowest BCUT2D eigenvalue weighted by Gasteiger charge is -2.44. The van der Waals surface area contributed by atoms with Crippen LogP contribution in [0.1, 0.15) is 46.5 Å². The second-order valence-electron chi connectivity index (χ2n) is 5.20. The highest BCUT2D eigenvalue weighted by Gasteiger charge is 2.57. The van der Waals surface area contributed by atoms with E-state index < -0.39 is 11.5 Å². The maximum atomic E-state index is 11.6. The van der Waals surface area contributed by atoms with E-state index in [1.54, 1.807) is 0 Å². The zero-order chi connectivity index (χ0) is 12.4. The number of hydrogen-bond donors (Lipinski definition) is 1. The summed E-state index contributed by atoms with van der Waals surface area (Å²) in [5.41, 5.74) is -1.36. The van der Waals surface area contributed by atoms with Crippen molar-refractivity contribution in [2.24, 2.45) is 5.41 Å². The first-order valence-electron chi connectivity index (χ1n) is 5.88. The van der Waals surface area contributed by atoms with Crippen LogP contribution in [0.4, 0.5) is 0 Å². The molecule has 0 aromatic rings. The molecule has 0 spiro atoms. The number of carboxylic acids is 1. The molecule has 92 valence electrons. The molecule has 1 aliphatic rings. The second kappa shape index (κ2) is 4.44. The molecule has 0 aromatic carbocycles. The Morgan fingerprint density at radius 3 is 2.38 bits per heavy atom. The van der Waals surface area contributed by atoms with Crippen LogP contribution in [0.2, 0.25) is 0 Å². The fourth-order valence-corrected chi connectivity index (χ4v) is 2.96. The van der Waals surface area contributed by atoms with Crippen molar-refractivity contribution in [3.63, 3.8) is 0 Å². The van der Waals surface area contributed by atoms with Crippen LogP contribution in [0, 0.1) is 5.41 Å². The highest BCUT2D eigenvalue weighted by atomic mass is 16.4. The van der Waals surface area contributed by atoms with Gasteiger partial charge in [-0.05, 0) is 31.1 Å². The number of nitrogens with zero attached hydrogens (tertiary/aromatic N) is 1. The molecule has 16 heavy (non-hydrogen) atoms. The number of amides is 1. The van der Waals surface area contributed by atoms with Crippen molar-refractivity contribution in [1.82, 2.24) is 4.90 Å². The van der Waals surface area contributed by atoms with Crippen molar-refractivity contribution in [3.8, 4) is 0 Å². The summed E-state index contributed by atoms with van der Waals surface area (Å²) in [5.74, 6) is -0.865. The van der Waals surface area contributed by atoms with E-state index >= 15 is 0 Å². The van der Waals surface area contributed by atoms with Gasteiger partial charge in [0.05, 0.1) is 0 Å². The summed E-state index contributed by atoms with van der Waals surface area (Å²) in [6.45, 7) is 6.35. The largest absolute Gasteiger partial charge is 0.479 e. The number of aliphatic carboxylic acids is 1. The minimum absolute atomic E-state index is 0.352. The Labute approximate surface area is 96.6 Å². The number of carbonyl (C=O) groups is 2. The molecule has 4 nitrogen and oxygen atoms in total. The molecule has 0 heterocycles. The van der Waals surface area contributed by atoms with Gasteiger partial charge < -0.3 is 10.0 Å². The minimum atomic E-state index is -1.01. The summed E-state index contributed by atoms with van der Waals surface area (Å²) >= 11 is 0. The van der Waals surface area contributed by atoms with Gasteiger partial charge in [-0.3, -0.25) is 4.79 Å². The van der Waals surface area contributed by atoms with E-state index in [9.17, 15) is 14.7 Å². The van der Waals surface area contributed by atoms with Crippen LogP contribution in [0.3, 0.4) is 0 Å². The van der Waals surface area contributed by atoms with Crippen molar-refractivity contribution in [1.29, 1.82) is 0 Å². The monoisotopic (exact) mass is 227 g/mol. The molecule has 1 amide bonds. The predicted octanol–water partition coefficient (Wildman–Crippen LogP) is 1.89. The summed E-state index contributed by atoms with van der Waals surface area (Å²) in [4.78, 5) is 24.2. The summed E-state index contributed by atoms with van der Waals surface area (Å²) in [7, 11) is 0. The van der Waals surface area contributed by atoms with Gasteiger partial charge in [-0.15, -0.1) is 0 Å². The Balaban J connectivity index is 3.14. The Morgan fingerprint density at radius 2 is 2.06 bits per heavy atom. The Kier molecular flexibility index (Phi) is 3.61. The summed E-state index contributed by atoms with van der Waals surface area (Å²) < 4.78 is 0. The maximum absolute atomic E-state index is 11.6. The molecule has 0 aliphatic heterocycles. The van der Waals surface area contributed by atoms with E-state index in [2.05, 4.69) is 0 Å². The average Bonchev–Trinajstić information content (AvgIpc) is 2.51. The molecule has 0 saturated heterocycles. The van der Waals surface area contributed by atoms with Crippen LogP contribution in [0.5, 0.6) is 0 Å². The third-order valence-electron chi connectivity index (χ3n) is 3.90. The van der Waals surface area contributed by atoms with Gasteiger partial charge in [-0.25, -0.2) is 4.79 Å². The highest BCUT2D eigenvalue weighted by Crippen LogP contribution is 2.49. The van der Waals surface area contributed by atoms with Crippen molar-refractivity contribution in [2.45, 2.75) is 52.0 Å². The average molecular weight is 227 g/mol. The van der Waals surface area contributed by atoms with Gasteiger partial charge in [0.15, 0.2) is 0 Å². The van der Waals surface area contributed by atoms with Crippen LogP contribution >= 0.6 is 0 Å². The number of carboxylic acid groups (broad SMARTS) is 1. The maximum Gasteiger partial charge on any atom is 0.330 e. The molecule has 1 atom stereocenters. The van der Waals surface area contributed by atoms with E-state index in [4.69, 9.17) is 0 Å². The molecule has 0 aromatic heterocycles. The fourth-order valence-electron chi connectivity index (χ4n) is 2.96. The van der Waals surface area contributed by atoms with Gasteiger partial charge >= 0.3 is 5.97 Å². The molecular weight excluding hydrogens is 206 g/mol. The van der Waals surface area contributed by atoms with Crippen LogP contribution in [-0.4, -0.2) is 34.5 Å². The van der Waals surface area contributed by atoms with Gasteiger partial charge in [-0.2, -0.15) is 0 Å². The van der Waals surface area contributed by atoms with Crippen LogP contribution in [-0.2, 0) is 9.59 Å². The van der Waals surface area contributed by atoms with E-state index in [1.807, 2.05) is 20.8 Å². The first-order chi connectivity index (χ1) is 7.42. The van der Waals surface area contributed by atoms with E-state index in [1.165, 1.54) is 4.90 Å². The lowest BCUT2D eigenvalue weighted by Crippen LogP contribution is -2.60. The van der Waals surface area contributed by atoms with Gasteiger partial charge in [0.1, 0.15) is 5.54 Å². The summed E-state index contributed by atoms with van der Waals surface area (Å²) in [5, 5.41) is 9.53. The fraction of sp³-hybridized carbons (Fsp3) is 0.833. The first-order valence-corrected chi connectivity index (χ1v) is 5.88. The molecule has 1 N–H and O–H groups in total. The lowest BCUT2D eigenvalue weighted by atomic mass is 9.73. The molecule has 0 radical (unpaired) electrons. The third kappa shape index (κ3) is 1.70. The predicted molar refractivity (Wildman–Crippen MR) is 61.1 cm³/mol. The van der Waals surface area contributed by atoms with Crippen LogP contribution < -0.4 is 0 Å². The highest BCUT2D eigenvalue weighted by molar-refractivity contribution is 5.83. The lowest BCUT2D eigenvalue weighted by molar-refractivity contribution is -0.162. The van der Waals surface area contributed by atoms with E-state index in [0.29, 0.717) is 19.4 Å². The van der Waals surface area contributed by atoms with Crippen molar-refractivity contribution in [2.75, 3.05) is 6.54 Å². The molecule has 0 bridgehead atoms. The molecule has 1 aliphatic carbocycles. The van der Waals surface area contributed by atoms with E-state index in [0.717, 1.165) is 19.3 Å². The van der Waals surface area contributed by atoms with Gasteiger partial charge in [0.25, 0.3) is 0 Å². The van der Waals surface area contributed by atoms with E-state index in [-0.39, 0.29) is 5.41 Å². The quantitative estimate of drug-likeness (QED) is 0.730. The Bertz CT molecular complexity index is 288. The molecule has 1 unspecified atom stereocenters. The van der Waals surface area contributed by atoms with Crippen molar-refractivity contribution in [3.05, 3.63) is 0 Å². The summed E-state index contributed by atoms with van der Waals surface area (Å²) in [6, 6.07) is 0. The molecule has 1 rings (SSSR count). The summed E-state index contributed by atoms with van der Waals surface area (Å²) in [6.07, 6.45) is 3.77. The first kappa shape index (κ1) is 13.0. The van der Waals surface area contributed by atoms with Crippen LogP contribution in [0.15, 0.2) is 0 Å². The Hall–Kier alpha value is -1.06. The third-order valence-corrected chi connectivity index (χ3v) is 3.90. The molecule has 1 fully saturated rings. The van der Waals surface area contributed by atoms with Crippen molar-refractivity contribution >= 4 is 12.4 Å². The molecular formula is C12H21NO3. The van der Waals surface area contributed by atoms with Gasteiger partial charge in [0.2, 0.25) is 6.41 Å². The van der Waals surface area contributed by atoms with Crippen molar-refractivity contribution < 1.29 is 14.7 Å². The normalized spacial score (nSPS) is 27.7. The van der Waals surface area contributed by atoms with Gasteiger partial charge in [-0.1, -0.05) is 20.8 Å². The van der Waals surface area contributed by atoms with Gasteiger partial charge in [0, 0.05) is 6.54 Å². The minimum Gasteiger partial charge on any atom is -0.479 e. The zero-order valence-corrected chi connectivity index (χ0v) is 10.3. The number of hydrogen-bond acceptors (Lipinski definition) is 2. The topological polar surface area (TPSA) is 57.6 Å². The zero-order valence-electron chi connectivity index (χ0n) is 10.3. The Morgan fingerprint density at radius 1 is 1.44 bits per heavy atom. The smallest absolute Gasteiger partial charge is 0.330 e. The molecule has 4 heteroatoms. The number of rotatable bonds is 5.